The Morgan fingerprint density at radius 2 is 1.78 bits per heavy atom. The number of aryl methyl sites for hydroxylation is 1. The highest BCUT2D eigenvalue weighted by atomic mass is 19.4. The zero-order chi connectivity index (χ0) is 24.2. The van der Waals surface area contributed by atoms with Crippen LogP contribution in [-0.2, 0) is 25.5 Å². The summed E-state index contributed by atoms with van der Waals surface area (Å²) >= 11 is 0. The second kappa shape index (κ2) is 10.1. The molecule has 0 aromatic heterocycles. The number of carbonyl (C=O) groups is 2. The summed E-state index contributed by atoms with van der Waals surface area (Å²) in [5.41, 5.74) is 4.14. The van der Waals surface area contributed by atoms with E-state index in [-0.39, 0.29) is 19.4 Å². The Labute approximate surface area is 185 Å². The molecule has 1 saturated carbocycles. The first-order valence-electron chi connectivity index (χ1n) is 10.3. The van der Waals surface area contributed by atoms with Gasteiger partial charge in [0.05, 0.1) is 25.8 Å². The maximum absolute atomic E-state index is 13.2. The molecular formula is C22H31F3N2O5. The van der Waals surface area contributed by atoms with Crippen LogP contribution in [0.3, 0.4) is 0 Å². The summed E-state index contributed by atoms with van der Waals surface area (Å²) in [6.07, 6.45) is -4.98. The van der Waals surface area contributed by atoms with Crippen LogP contribution >= 0.6 is 0 Å². The molecule has 0 saturated heterocycles. The highest BCUT2D eigenvalue weighted by molar-refractivity contribution is 5.79. The van der Waals surface area contributed by atoms with Gasteiger partial charge in [-0.05, 0) is 48.8 Å². The van der Waals surface area contributed by atoms with Crippen LogP contribution in [0.2, 0.25) is 0 Å². The summed E-state index contributed by atoms with van der Waals surface area (Å²) in [7, 11) is 2.94. The zero-order valence-corrected chi connectivity index (χ0v) is 18.8. The normalized spacial score (nSPS) is 25.1. The van der Waals surface area contributed by atoms with Gasteiger partial charge in [0.1, 0.15) is 11.4 Å². The minimum absolute atomic E-state index is 0.0482. The number of hydrogen-bond acceptors (Lipinski definition) is 6. The van der Waals surface area contributed by atoms with Gasteiger partial charge in [0.25, 0.3) is 0 Å². The molecular weight excluding hydrogens is 429 g/mol. The summed E-state index contributed by atoms with van der Waals surface area (Å²) in [6.45, 7) is 3.42. The minimum Gasteiger partial charge on any atom is -0.497 e. The molecule has 180 valence electrons. The molecule has 1 aromatic rings. The number of halogens is 3. The van der Waals surface area contributed by atoms with E-state index in [0.29, 0.717) is 18.6 Å². The molecule has 3 N–H and O–H groups in total. The molecule has 10 heteroatoms. The summed E-state index contributed by atoms with van der Waals surface area (Å²) in [5, 5.41) is 2.67. The molecule has 7 nitrogen and oxygen atoms in total. The van der Waals surface area contributed by atoms with Crippen molar-refractivity contribution in [1.29, 1.82) is 0 Å². The van der Waals surface area contributed by atoms with Crippen LogP contribution in [0, 0.1) is 5.41 Å². The second-order valence-corrected chi connectivity index (χ2v) is 8.69. The van der Waals surface area contributed by atoms with Gasteiger partial charge in [-0.25, -0.2) is 4.79 Å². The van der Waals surface area contributed by atoms with E-state index in [0.717, 1.165) is 5.56 Å². The lowest BCUT2D eigenvalue weighted by Gasteiger charge is -2.53. The Morgan fingerprint density at radius 1 is 1.16 bits per heavy atom. The van der Waals surface area contributed by atoms with Crippen molar-refractivity contribution >= 4 is 11.9 Å². The highest BCUT2D eigenvalue weighted by Crippen LogP contribution is 2.46. The third-order valence-corrected chi connectivity index (χ3v) is 6.11. The van der Waals surface area contributed by atoms with E-state index in [1.807, 2.05) is 13.8 Å². The maximum atomic E-state index is 13.2. The molecule has 2 rings (SSSR count). The number of nitrogens with two attached hydrogens (primary N) is 1. The van der Waals surface area contributed by atoms with Crippen molar-refractivity contribution < 1.29 is 37.0 Å². The summed E-state index contributed by atoms with van der Waals surface area (Å²) < 4.78 is 55.5. The van der Waals surface area contributed by atoms with Gasteiger partial charge in [0.15, 0.2) is 0 Å². The Balaban J connectivity index is 2.46. The molecule has 1 aliphatic carbocycles. The monoisotopic (exact) mass is 460 g/mol. The van der Waals surface area contributed by atoms with Crippen LogP contribution in [0.4, 0.5) is 13.2 Å². The smallest absolute Gasteiger partial charge is 0.490 e. The third kappa shape index (κ3) is 5.92. The van der Waals surface area contributed by atoms with Gasteiger partial charge in [-0.3, -0.25) is 4.79 Å². The molecule has 3 atom stereocenters. The quantitative estimate of drug-likeness (QED) is 0.579. The summed E-state index contributed by atoms with van der Waals surface area (Å²) in [4.78, 5) is 24.1. The van der Waals surface area contributed by atoms with E-state index >= 15 is 0 Å². The van der Waals surface area contributed by atoms with Gasteiger partial charge in [0, 0.05) is 7.11 Å². The number of ether oxygens (including phenoxy) is 3. The van der Waals surface area contributed by atoms with Crippen molar-refractivity contribution in [2.45, 2.75) is 63.5 Å². The minimum atomic E-state index is -5.18. The SMILES string of the molecule is COc1ccc(CC[C@@]2(OC(=O)C(F)(F)F)CCC(C)(C)[C@H](OC)[C@H]2NC(=O)CN)cc1. The lowest BCUT2D eigenvalue weighted by molar-refractivity contribution is -0.230. The van der Waals surface area contributed by atoms with Crippen molar-refractivity contribution in [3.05, 3.63) is 29.8 Å². The Kier molecular flexibility index (Phi) is 8.17. The predicted molar refractivity (Wildman–Crippen MR) is 111 cm³/mol. The van der Waals surface area contributed by atoms with Crippen molar-refractivity contribution in [3.63, 3.8) is 0 Å². The van der Waals surface area contributed by atoms with Crippen LogP contribution in [0.25, 0.3) is 0 Å². The summed E-state index contributed by atoms with van der Waals surface area (Å²) in [6, 6.07) is 6.02. The number of nitrogens with one attached hydrogen (secondary N) is 1. The highest BCUT2D eigenvalue weighted by Gasteiger charge is 2.57. The van der Waals surface area contributed by atoms with E-state index in [9.17, 15) is 22.8 Å². The number of benzene rings is 1. The Bertz CT molecular complexity index is 798. The fraction of sp³-hybridized carbons (Fsp3) is 0.636. The fourth-order valence-electron chi connectivity index (χ4n) is 4.29. The molecule has 1 amide bonds. The molecule has 1 fully saturated rings. The Hall–Kier alpha value is -2.33. The molecule has 0 radical (unpaired) electrons. The topological polar surface area (TPSA) is 99.9 Å². The zero-order valence-electron chi connectivity index (χ0n) is 18.8. The second-order valence-electron chi connectivity index (χ2n) is 8.69. The van der Waals surface area contributed by atoms with Crippen LogP contribution in [0.1, 0.15) is 38.7 Å². The average Bonchev–Trinajstić information content (AvgIpc) is 2.74. The molecule has 0 aliphatic heterocycles. The first-order chi connectivity index (χ1) is 14.9. The first kappa shape index (κ1) is 25.9. The molecule has 0 spiro atoms. The van der Waals surface area contributed by atoms with Crippen LogP contribution < -0.4 is 15.8 Å². The van der Waals surface area contributed by atoms with E-state index < -0.39 is 41.2 Å². The summed E-state index contributed by atoms with van der Waals surface area (Å²) in [5.74, 6) is -2.24. The van der Waals surface area contributed by atoms with Gasteiger partial charge >= 0.3 is 12.1 Å². The fourth-order valence-corrected chi connectivity index (χ4v) is 4.29. The van der Waals surface area contributed by atoms with Crippen molar-refractivity contribution in [2.75, 3.05) is 20.8 Å². The standard InChI is InChI=1S/C22H31F3N2O5/c1-20(2)11-12-21(32-19(29)22(23,24)25,17(18(20)31-4)27-16(28)13-26)10-9-14-5-7-15(30-3)8-6-14/h5-8,17-18H,9-13,26H2,1-4H3,(H,27,28)/t17-,18-,21-/m1/s1. The number of esters is 1. The number of rotatable bonds is 8. The number of methoxy groups -OCH3 is 2. The Morgan fingerprint density at radius 3 is 2.28 bits per heavy atom. The third-order valence-electron chi connectivity index (χ3n) is 6.11. The van der Waals surface area contributed by atoms with E-state index in [1.165, 1.54) is 14.2 Å². The van der Waals surface area contributed by atoms with Gasteiger partial charge in [-0.2, -0.15) is 13.2 Å². The van der Waals surface area contributed by atoms with Crippen molar-refractivity contribution in [3.8, 4) is 5.75 Å². The van der Waals surface area contributed by atoms with E-state index in [2.05, 4.69) is 5.32 Å². The maximum Gasteiger partial charge on any atom is 0.490 e. The van der Waals surface area contributed by atoms with Gasteiger partial charge in [0.2, 0.25) is 5.91 Å². The number of hydrogen-bond donors (Lipinski definition) is 2. The van der Waals surface area contributed by atoms with E-state index in [1.54, 1.807) is 24.3 Å². The van der Waals surface area contributed by atoms with Crippen LogP contribution in [0.5, 0.6) is 5.75 Å². The van der Waals surface area contributed by atoms with Gasteiger partial charge in [-0.15, -0.1) is 0 Å². The first-order valence-corrected chi connectivity index (χ1v) is 10.3. The number of carbonyl (C=O) groups excluding carboxylic acids is 2. The average molecular weight is 460 g/mol. The largest absolute Gasteiger partial charge is 0.497 e. The van der Waals surface area contributed by atoms with Gasteiger partial charge < -0.3 is 25.3 Å². The molecule has 0 unspecified atom stereocenters. The molecule has 0 heterocycles. The van der Waals surface area contributed by atoms with Crippen molar-refractivity contribution in [1.82, 2.24) is 5.32 Å². The molecule has 32 heavy (non-hydrogen) atoms. The number of amides is 1. The molecule has 1 aromatic carbocycles. The van der Waals surface area contributed by atoms with E-state index in [4.69, 9.17) is 19.9 Å². The molecule has 1 aliphatic rings. The lowest BCUT2D eigenvalue weighted by Crippen LogP contribution is -2.68. The number of alkyl halides is 3. The lowest BCUT2D eigenvalue weighted by atomic mass is 9.64. The van der Waals surface area contributed by atoms with Gasteiger partial charge in [-0.1, -0.05) is 26.0 Å². The van der Waals surface area contributed by atoms with Crippen molar-refractivity contribution in [2.24, 2.45) is 11.1 Å². The molecule has 0 bridgehead atoms. The van der Waals surface area contributed by atoms with Crippen LogP contribution in [-0.4, -0.2) is 56.6 Å². The predicted octanol–water partition coefficient (Wildman–Crippen LogP) is 2.75. The van der Waals surface area contributed by atoms with Crippen LogP contribution in [0.15, 0.2) is 24.3 Å².